The summed E-state index contributed by atoms with van der Waals surface area (Å²) in [5, 5.41) is 0. The second-order valence-corrected chi connectivity index (χ2v) is 10.9. The van der Waals surface area contributed by atoms with E-state index in [1.165, 1.54) is 103 Å². The summed E-state index contributed by atoms with van der Waals surface area (Å²) >= 11 is 1.96. The van der Waals surface area contributed by atoms with Crippen LogP contribution in [0.4, 0.5) is 0 Å². The van der Waals surface area contributed by atoms with E-state index in [0.29, 0.717) is 0 Å². The molecule has 1 saturated heterocycles. The third-order valence-corrected chi connectivity index (χ3v) is 7.66. The summed E-state index contributed by atoms with van der Waals surface area (Å²) in [5.74, 6) is 1.96. The summed E-state index contributed by atoms with van der Waals surface area (Å²) in [6.07, 6.45) is 19.7. The van der Waals surface area contributed by atoms with Gasteiger partial charge in [0.15, 0.2) is 6.10 Å². The lowest BCUT2D eigenvalue weighted by Crippen LogP contribution is -2.56. The number of hydrogen-bond donors (Lipinski definition) is 0. The van der Waals surface area contributed by atoms with Gasteiger partial charge in [-0.3, -0.25) is 4.79 Å². The highest BCUT2D eigenvalue weighted by Gasteiger charge is 2.30. The van der Waals surface area contributed by atoms with E-state index in [0.717, 1.165) is 43.1 Å². The maximum absolute atomic E-state index is 11.5. The van der Waals surface area contributed by atoms with Gasteiger partial charge < -0.3 is 14.0 Å². The van der Waals surface area contributed by atoms with E-state index in [2.05, 4.69) is 14.0 Å². The summed E-state index contributed by atoms with van der Waals surface area (Å²) in [6, 6.07) is 0. The minimum Gasteiger partial charge on any atom is -0.456 e. The van der Waals surface area contributed by atoms with Crippen molar-refractivity contribution in [2.45, 2.75) is 110 Å². The van der Waals surface area contributed by atoms with Gasteiger partial charge in [0.1, 0.15) is 19.6 Å². The summed E-state index contributed by atoms with van der Waals surface area (Å²) in [5.41, 5.74) is 0. The summed E-state index contributed by atoms with van der Waals surface area (Å²) in [6.45, 7) is 8.39. The number of quaternary nitrogens is 1. The van der Waals surface area contributed by atoms with Crippen LogP contribution in [0.2, 0.25) is 0 Å². The first-order valence-electron chi connectivity index (χ1n) is 13.2. The van der Waals surface area contributed by atoms with Gasteiger partial charge in [-0.05, 0) is 12.2 Å². The molecule has 0 aromatic rings. The van der Waals surface area contributed by atoms with Gasteiger partial charge in [-0.1, -0.05) is 90.4 Å². The lowest BCUT2D eigenvalue weighted by molar-refractivity contribution is -0.919. The van der Waals surface area contributed by atoms with E-state index in [-0.39, 0.29) is 12.1 Å². The highest BCUT2D eigenvalue weighted by atomic mass is 32.2. The average Bonchev–Trinajstić information content (AvgIpc) is 2.73. The SMILES string of the molecule is CCCCCCCCCCCCCCCCSCC(C[N+]1(C)CCOCC1)OC(C)=O. The predicted octanol–water partition coefficient (Wildman–Crippen LogP) is 6.61. The number of morpholine rings is 1. The van der Waals surface area contributed by atoms with Crippen molar-refractivity contribution in [2.75, 3.05) is 51.4 Å². The molecular weight excluding hydrogens is 406 g/mol. The minimum absolute atomic E-state index is 0.0252. The Balaban J connectivity index is 1.94. The third kappa shape index (κ3) is 17.0. The van der Waals surface area contributed by atoms with E-state index < -0.39 is 0 Å². The van der Waals surface area contributed by atoms with Crippen LogP contribution >= 0.6 is 11.8 Å². The van der Waals surface area contributed by atoms with Gasteiger partial charge >= 0.3 is 5.97 Å². The Morgan fingerprint density at radius 3 is 1.84 bits per heavy atom. The van der Waals surface area contributed by atoms with Crippen LogP contribution in [-0.4, -0.2) is 68.0 Å². The summed E-state index contributed by atoms with van der Waals surface area (Å²) in [4.78, 5) is 11.5. The second kappa shape index (κ2) is 19.2. The molecule has 5 heteroatoms. The zero-order valence-corrected chi connectivity index (χ0v) is 21.8. The number of unbranched alkanes of at least 4 members (excludes halogenated alkanes) is 13. The van der Waals surface area contributed by atoms with Crippen molar-refractivity contribution < 1.29 is 18.8 Å². The molecule has 0 amide bonds. The Bertz CT molecular complexity index is 427. The van der Waals surface area contributed by atoms with Crippen LogP contribution in [0.15, 0.2) is 0 Å². The molecule has 0 radical (unpaired) electrons. The zero-order valence-electron chi connectivity index (χ0n) is 21.0. The smallest absolute Gasteiger partial charge is 0.303 e. The first-order chi connectivity index (χ1) is 15.1. The van der Waals surface area contributed by atoms with Gasteiger partial charge in [0.2, 0.25) is 0 Å². The fourth-order valence-corrected chi connectivity index (χ4v) is 5.44. The molecule has 0 N–H and O–H groups in total. The first kappa shape index (κ1) is 28.8. The van der Waals surface area contributed by atoms with Gasteiger partial charge in [-0.15, -0.1) is 0 Å². The molecule has 0 spiro atoms. The number of nitrogens with zero attached hydrogens (tertiary/aromatic N) is 1. The van der Waals surface area contributed by atoms with Crippen LogP contribution in [0.1, 0.15) is 104 Å². The van der Waals surface area contributed by atoms with Crippen molar-refractivity contribution in [1.82, 2.24) is 0 Å². The molecular formula is C26H52NO3S+. The van der Waals surface area contributed by atoms with Crippen molar-refractivity contribution in [3.05, 3.63) is 0 Å². The van der Waals surface area contributed by atoms with E-state index in [1.54, 1.807) is 0 Å². The molecule has 0 aromatic heterocycles. The molecule has 31 heavy (non-hydrogen) atoms. The number of rotatable bonds is 20. The molecule has 0 saturated carbocycles. The fraction of sp³-hybridized carbons (Fsp3) is 0.962. The van der Waals surface area contributed by atoms with Crippen molar-refractivity contribution >= 4 is 17.7 Å². The Morgan fingerprint density at radius 2 is 1.35 bits per heavy atom. The Morgan fingerprint density at radius 1 is 0.871 bits per heavy atom. The Labute approximate surface area is 197 Å². The number of likely N-dealkylation sites (N-methyl/N-ethyl adjacent to an activating group) is 1. The average molecular weight is 459 g/mol. The van der Waals surface area contributed by atoms with Gasteiger partial charge in [0, 0.05) is 12.7 Å². The van der Waals surface area contributed by atoms with E-state index in [9.17, 15) is 4.79 Å². The molecule has 184 valence electrons. The lowest BCUT2D eigenvalue weighted by atomic mass is 10.0. The van der Waals surface area contributed by atoms with Crippen LogP contribution in [-0.2, 0) is 14.3 Å². The molecule has 0 aromatic carbocycles. The monoisotopic (exact) mass is 458 g/mol. The second-order valence-electron chi connectivity index (χ2n) is 9.76. The van der Waals surface area contributed by atoms with Gasteiger partial charge in [-0.25, -0.2) is 0 Å². The molecule has 4 nitrogen and oxygen atoms in total. The molecule has 1 aliphatic rings. The quantitative estimate of drug-likeness (QED) is 0.117. The number of thioether (sulfide) groups is 1. The number of ether oxygens (including phenoxy) is 2. The maximum atomic E-state index is 11.5. The maximum Gasteiger partial charge on any atom is 0.303 e. The summed E-state index contributed by atoms with van der Waals surface area (Å²) < 4.78 is 12.1. The molecule has 1 fully saturated rings. The lowest BCUT2D eigenvalue weighted by Gasteiger charge is -2.39. The van der Waals surface area contributed by atoms with Crippen molar-refractivity contribution in [3.8, 4) is 0 Å². The largest absolute Gasteiger partial charge is 0.456 e. The normalized spacial score (nSPS) is 16.9. The van der Waals surface area contributed by atoms with E-state index in [4.69, 9.17) is 9.47 Å². The van der Waals surface area contributed by atoms with Crippen LogP contribution in [0, 0.1) is 0 Å². The molecule has 1 atom stereocenters. The first-order valence-corrected chi connectivity index (χ1v) is 14.4. The summed E-state index contributed by atoms with van der Waals surface area (Å²) in [7, 11) is 2.26. The van der Waals surface area contributed by atoms with Crippen LogP contribution in [0.5, 0.6) is 0 Å². The van der Waals surface area contributed by atoms with Crippen LogP contribution in [0.3, 0.4) is 0 Å². The standard InChI is InChI=1S/C26H52NO3S/c1-4-5-6-7-8-9-10-11-12-13-14-15-16-17-22-31-24-26(30-25(2)28)23-27(3)18-20-29-21-19-27/h26H,4-24H2,1-3H3/q+1. The number of carbonyl (C=O) groups is 1. The molecule has 1 rings (SSSR count). The van der Waals surface area contributed by atoms with Crippen molar-refractivity contribution in [1.29, 1.82) is 0 Å². The highest BCUT2D eigenvalue weighted by Crippen LogP contribution is 2.17. The number of hydrogen-bond acceptors (Lipinski definition) is 4. The van der Waals surface area contributed by atoms with Crippen LogP contribution < -0.4 is 0 Å². The molecule has 1 unspecified atom stereocenters. The van der Waals surface area contributed by atoms with Gasteiger partial charge in [0.05, 0.1) is 20.3 Å². The van der Waals surface area contributed by atoms with E-state index in [1.807, 2.05) is 11.8 Å². The van der Waals surface area contributed by atoms with Crippen LogP contribution in [0.25, 0.3) is 0 Å². The zero-order chi connectivity index (χ0) is 22.6. The fourth-order valence-electron chi connectivity index (χ4n) is 4.43. The number of esters is 1. The van der Waals surface area contributed by atoms with E-state index >= 15 is 0 Å². The van der Waals surface area contributed by atoms with Crippen molar-refractivity contribution in [3.63, 3.8) is 0 Å². The van der Waals surface area contributed by atoms with Crippen molar-refractivity contribution in [2.24, 2.45) is 0 Å². The Kier molecular flexibility index (Phi) is 17.8. The molecule has 0 bridgehead atoms. The topological polar surface area (TPSA) is 35.5 Å². The Hall–Kier alpha value is -0.260. The molecule has 0 aliphatic carbocycles. The minimum atomic E-state index is -0.151. The predicted molar refractivity (Wildman–Crippen MR) is 135 cm³/mol. The van der Waals surface area contributed by atoms with Gasteiger partial charge in [-0.2, -0.15) is 11.8 Å². The molecule has 1 aliphatic heterocycles. The number of carbonyl (C=O) groups excluding carboxylic acids is 1. The molecule has 1 heterocycles. The third-order valence-electron chi connectivity index (χ3n) is 6.47. The van der Waals surface area contributed by atoms with Gasteiger partial charge in [0.25, 0.3) is 0 Å². The highest BCUT2D eigenvalue weighted by molar-refractivity contribution is 7.99.